The third-order valence-corrected chi connectivity index (χ3v) is 6.84. The van der Waals surface area contributed by atoms with Gasteiger partial charge in [0.05, 0.1) is 36.3 Å². The molecular weight excluding hydrogens is 472 g/mol. The monoisotopic (exact) mass is 502 g/mol. The van der Waals surface area contributed by atoms with Gasteiger partial charge in [0.25, 0.3) is 0 Å². The number of likely N-dealkylation sites (tertiary alicyclic amines) is 1. The van der Waals surface area contributed by atoms with Crippen molar-refractivity contribution in [3.8, 4) is 0 Å². The molecule has 2 atom stereocenters. The Bertz CT molecular complexity index is 1330. The van der Waals surface area contributed by atoms with Gasteiger partial charge < -0.3 is 26.0 Å². The second kappa shape index (κ2) is 10.9. The van der Waals surface area contributed by atoms with Gasteiger partial charge in [0.1, 0.15) is 5.82 Å². The maximum absolute atomic E-state index is 12.9. The third kappa shape index (κ3) is 5.86. The molecule has 192 valence electrons. The number of anilines is 1. The van der Waals surface area contributed by atoms with Gasteiger partial charge in [-0.3, -0.25) is 19.4 Å². The second-order valence-corrected chi connectivity index (χ2v) is 9.50. The highest BCUT2D eigenvalue weighted by Gasteiger charge is 2.33. The summed E-state index contributed by atoms with van der Waals surface area (Å²) in [5.41, 5.74) is 3.46. The number of amides is 2. The number of carboxylic acid groups (broad SMARTS) is 1. The van der Waals surface area contributed by atoms with Gasteiger partial charge in [-0.15, -0.1) is 0 Å². The van der Waals surface area contributed by atoms with Gasteiger partial charge in [-0.2, -0.15) is 0 Å². The van der Waals surface area contributed by atoms with Crippen molar-refractivity contribution >= 4 is 34.5 Å². The average Bonchev–Trinajstić information content (AvgIpc) is 3.25. The van der Waals surface area contributed by atoms with Crippen molar-refractivity contribution in [2.75, 3.05) is 25.0 Å². The van der Waals surface area contributed by atoms with Gasteiger partial charge in [0, 0.05) is 31.2 Å². The van der Waals surface area contributed by atoms with Gasteiger partial charge in [0.2, 0.25) is 11.8 Å². The number of hydrogen-bond acceptors (Lipinski definition) is 7. The number of nitrogens with zero attached hydrogens (tertiary/aromatic N) is 3. The number of carboxylic acids is 1. The molecule has 2 aliphatic rings. The van der Waals surface area contributed by atoms with Crippen LogP contribution in [-0.2, 0) is 27.3 Å². The van der Waals surface area contributed by atoms with Crippen LogP contribution in [0.5, 0.6) is 0 Å². The lowest BCUT2D eigenvalue weighted by Gasteiger charge is -2.21. The van der Waals surface area contributed by atoms with Crippen LogP contribution in [0.3, 0.4) is 0 Å². The van der Waals surface area contributed by atoms with E-state index in [1.165, 1.54) is 10.5 Å². The molecule has 37 heavy (non-hydrogen) atoms. The molecule has 0 bridgehead atoms. The van der Waals surface area contributed by atoms with Gasteiger partial charge in [-0.25, -0.2) is 4.98 Å². The Labute approximate surface area is 214 Å². The predicted octanol–water partition coefficient (Wildman–Crippen LogP) is 2.01. The Balaban J connectivity index is 1.17. The lowest BCUT2D eigenvalue weighted by atomic mass is 10.0. The highest BCUT2D eigenvalue weighted by molar-refractivity contribution is 5.89. The first-order valence-electron chi connectivity index (χ1n) is 12.6. The smallest absolute Gasteiger partial charge is 0.305 e. The molecule has 0 aliphatic carbocycles. The molecule has 2 aliphatic heterocycles. The summed E-state index contributed by atoms with van der Waals surface area (Å²) in [6.07, 6.45) is 4.00. The normalized spacial score (nSPS) is 17.8. The van der Waals surface area contributed by atoms with Crippen molar-refractivity contribution in [3.05, 3.63) is 65.5 Å². The van der Waals surface area contributed by atoms with Crippen LogP contribution in [0.15, 0.2) is 48.7 Å². The summed E-state index contributed by atoms with van der Waals surface area (Å²) in [5, 5.41) is 19.6. The summed E-state index contributed by atoms with van der Waals surface area (Å²) in [6.45, 7) is 1.69. The number of carbonyl (C=O) groups excluding carboxylic acids is 2. The van der Waals surface area contributed by atoms with E-state index in [2.05, 4.69) is 32.0 Å². The van der Waals surface area contributed by atoms with Gasteiger partial charge >= 0.3 is 5.97 Å². The molecule has 1 aromatic carbocycles. The molecule has 4 N–H and O–H groups in total. The number of fused-ring (bicyclic) bond motifs is 2. The number of rotatable bonds is 9. The number of nitrogens with one attached hydrogen (secondary N) is 3. The van der Waals surface area contributed by atoms with E-state index in [0.29, 0.717) is 25.1 Å². The van der Waals surface area contributed by atoms with E-state index in [0.717, 1.165) is 41.8 Å². The summed E-state index contributed by atoms with van der Waals surface area (Å²) in [4.78, 5) is 47.8. The Hall–Kier alpha value is -4.05. The molecule has 4 heterocycles. The molecular formula is C27H30N6O4. The fraction of sp³-hybridized carbons (Fsp3) is 0.370. The molecule has 2 aromatic heterocycles. The van der Waals surface area contributed by atoms with E-state index in [1.54, 1.807) is 6.20 Å². The fourth-order valence-corrected chi connectivity index (χ4v) is 4.90. The highest BCUT2D eigenvalue weighted by atomic mass is 16.4. The molecule has 2 amide bonds. The quantitative estimate of drug-likeness (QED) is 0.349. The van der Waals surface area contributed by atoms with Gasteiger partial charge in [0.15, 0.2) is 0 Å². The number of aromatic nitrogens is 2. The molecule has 0 saturated carbocycles. The summed E-state index contributed by atoms with van der Waals surface area (Å²) in [5.74, 6) is -0.672. The Morgan fingerprint density at radius 2 is 2.08 bits per heavy atom. The van der Waals surface area contributed by atoms with Crippen LogP contribution in [-0.4, -0.2) is 63.4 Å². The van der Waals surface area contributed by atoms with Crippen LogP contribution < -0.4 is 16.0 Å². The molecule has 10 nitrogen and oxygen atoms in total. The minimum absolute atomic E-state index is 0.130. The molecule has 1 fully saturated rings. The lowest BCUT2D eigenvalue weighted by molar-refractivity contribution is -0.138. The van der Waals surface area contributed by atoms with Crippen molar-refractivity contribution < 1.29 is 19.5 Å². The number of pyridine rings is 2. The summed E-state index contributed by atoms with van der Waals surface area (Å²) < 4.78 is 0. The van der Waals surface area contributed by atoms with Crippen LogP contribution >= 0.6 is 0 Å². The number of aliphatic carboxylic acids is 1. The van der Waals surface area contributed by atoms with Crippen LogP contribution in [0, 0.1) is 0 Å². The van der Waals surface area contributed by atoms with Crippen molar-refractivity contribution in [1.29, 1.82) is 0 Å². The fourth-order valence-electron chi connectivity index (χ4n) is 4.90. The average molecular weight is 503 g/mol. The van der Waals surface area contributed by atoms with E-state index in [9.17, 15) is 19.5 Å². The summed E-state index contributed by atoms with van der Waals surface area (Å²) >= 11 is 0. The van der Waals surface area contributed by atoms with Gasteiger partial charge in [-0.05, 0) is 48.6 Å². The van der Waals surface area contributed by atoms with E-state index in [4.69, 9.17) is 0 Å². The number of para-hydroxylation sites is 1. The Morgan fingerprint density at radius 3 is 2.95 bits per heavy atom. The number of hydrogen-bond donors (Lipinski definition) is 4. The molecule has 0 spiro atoms. The first-order valence-corrected chi connectivity index (χ1v) is 12.6. The van der Waals surface area contributed by atoms with Crippen LogP contribution in [0.25, 0.3) is 10.9 Å². The number of benzene rings is 1. The van der Waals surface area contributed by atoms with Crippen molar-refractivity contribution in [3.63, 3.8) is 0 Å². The van der Waals surface area contributed by atoms with E-state index >= 15 is 0 Å². The van der Waals surface area contributed by atoms with E-state index in [1.807, 2.05) is 36.4 Å². The molecule has 1 unspecified atom stereocenters. The third-order valence-electron chi connectivity index (χ3n) is 6.84. The topological polar surface area (TPSA) is 137 Å². The van der Waals surface area contributed by atoms with Crippen molar-refractivity contribution in [2.24, 2.45) is 0 Å². The zero-order chi connectivity index (χ0) is 25.8. The minimum Gasteiger partial charge on any atom is -0.481 e. The summed E-state index contributed by atoms with van der Waals surface area (Å²) in [6, 6.07) is 12.3. The molecule has 0 radical (unpaired) electrons. The Kier molecular flexibility index (Phi) is 7.27. The standard InChI is InChI=1S/C27H30N6O4/c34-24(32-23(13-25(35)36)19-12-18-4-1-2-6-21(18)29-14-19)16-33-11-9-22(27(33)37)30-15-20-8-7-17-5-3-10-28-26(17)31-20/h1-2,4,6-8,12,14,22-23,30H,3,5,9-11,13,15-16H2,(H,28,31)(H,32,34)(H,35,36)/t22?,23-/m0/s1. The molecule has 3 aromatic rings. The van der Waals surface area contributed by atoms with Gasteiger partial charge in [-0.1, -0.05) is 24.3 Å². The lowest BCUT2D eigenvalue weighted by Crippen LogP contribution is -2.43. The predicted molar refractivity (Wildman–Crippen MR) is 138 cm³/mol. The first-order chi connectivity index (χ1) is 18.0. The SMILES string of the molecule is O=C(O)C[C@H](NC(=O)CN1CCC(NCc2ccc3c(n2)NCCC3)C1=O)c1cnc2ccccc2c1. The number of carbonyl (C=O) groups is 3. The number of aryl methyl sites for hydroxylation is 1. The van der Waals surface area contributed by atoms with Crippen LogP contribution in [0.4, 0.5) is 5.82 Å². The van der Waals surface area contributed by atoms with Crippen molar-refractivity contribution in [2.45, 2.75) is 44.3 Å². The first kappa shape index (κ1) is 24.6. The second-order valence-electron chi connectivity index (χ2n) is 9.50. The Morgan fingerprint density at radius 1 is 1.22 bits per heavy atom. The zero-order valence-electron chi connectivity index (χ0n) is 20.4. The zero-order valence-corrected chi connectivity index (χ0v) is 20.4. The largest absolute Gasteiger partial charge is 0.481 e. The minimum atomic E-state index is -1.04. The summed E-state index contributed by atoms with van der Waals surface area (Å²) in [7, 11) is 0. The molecule has 10 heteroatoms. The highest BCUT2D eigenvalue weighted by Crippen LogP contribution is 2.22. The molecule has 5 rings (SSSR count). The molecule has 1 saturated heterocycles. The van der Waals surface area contributed by atoms with Crippen molar-refractivity contribution in [1.82, 2.24) is 25.5 Å². The van der Waals surface area contributed by atoms with Crippen LogP contribution in [0.2, 0.25) is 0 Å². The maximum atomic E-state index is 12.9. The maximum Gasteiger partial charge on any atom is 0.305 e. The van der Waals surface area contributed by atoms with E-state index in [-0.39, 0.29) is 18.9 Å². The van der Waals surface area contributed by atoms with E-state index < -0.39 is 24.0 Å². The van der Waals surface area contributed by atoms with Crippen LogP contribution in [0.1, 0.15) is 42.1 Å².